The van der Waals surface area contributed by atoms with E-state index in [1.165, 1.54) is 0 Å². The molecule has 4 nitrogen and oxygen atoms in total. The Kier molecular flexibility index (Phi) is 3.33. The highest BCUT2D eigenvalue weighted by atomic mass is 16.5. The van der Waals surface area contributed by atoms with Crippen LogP contribution in [0.4, 0.5) is 5.82 Å². The van der Waals surface area contributed by atoms with Crippen LogP contribution in [0.2, 0.25) is 0 Å². The van der Waals surface area contributed by atoms with Crippen LogP contribution >= 0.6 is 0 Å². The van der Waals surface area contributed by atoms with Crippen LogP contribution in [-0.4, -0.2) is 23.6 Å². The highest BCUT2D eigenvalue weighted by Crippen LogP contribution is 2.25. The van der Waals surface area contributed by atoms with Crippen molar-refractivity contribution >= 4 is 5.82 Å². The Bertz CT molecular complexity index is 393. The van der Waals surface area contributed by atoms with Crippen LogP contribution in [0.3, 0.4) is 0 Å². The van der Waals surface area contributed by atoms with E-state index in [-0.39, 0.29) is 5.41 Å². The minimum atomic E-state index is 0.213. The van der Waals surface area contributed by atoms with E-state index in [1.807, 2.05) is 7.05 Å². The lowest BCUT2D eigenvalue weighted by molar-refractivity contribution is 0.109. The number of rotatable bonds is 2. The molecule has 0 atom stereocenters. The first kappa shape index (κ1) is 12.3. The Labute approximate surface area is 103 Å². The average molecular weight is 235 g/mol. The van der Waals surface area contributed by atoms with Gasteiger partial charge in [-0.1, -0.05) is 20.8 Å². The number of ether oxygens (including phenoxy) is 1. The van der Waals surface area contributed by atoms with Gasteiger partial charge in [0.05, 0.1) is 18.9 Å². The molecule has 94 valence electrons. The molecule has 1 N–H and O–H groups in total. The van der Waals surface area contributed by atoms with E-state index in [0.29, 0.717) is 6.61 Å². The Hall–Kier alpha value is -1.16. The highest BCUT2D eigenvalue weighted by Gasteiger charge is 2.20. The van der Waals surface area contributed by atoms with Crippen LogP contribution in [0, 0.1) is 5.41 Å². The van der Waals surface area contributed by atoms with Crippen LogP contribution in [0.5, 0.6) is 0 Å². The average Bonchev–Trinajstić information content (AvgIpc) is 2.25. The molecule has 0 amide bonds. The summed E-state index contributed by atoms with van der Waals surface area (Å²) >= 11 is 0. The zero-order valence-corrected chi connectivity index (χ0v) is 11.1. The summed E-state index contributed by atoms with van der Waals surface area (Å²) in [6.07, 6.45) is 1.79. The van der Waals surface area contributed by atoms with Gasteiger partial charge in [0.2, 0.25) is 0 Å². The molecule has 17 heavy (non-hydrogen) atoms. The van der Waals surface area contributed by atoms with Gasteiger partial charge in [-0.2, -0.15) is 0 Å². The van der Waals surface area contributed by atoms with Crippen molar-refractivity contribution in [2.24, 2.45) is 5.41 Å². The van der Waals surface area contributed by atoms with Gasteiger partial charge in [0.15, 0.2) is 0 Å². The normalized spacial score (nSPS) is 15.5. The predicted octanol–water partition coefficient (Wildman–Crippen LogP) is 2.18. The number of anilines is 1. The summed E-state index contributed by atoms with van der Waals surface area (Å²) in [4.78, 5) is 9.26. The van der Waals surface area contributed by atoms with Crippen molar-refractivity contribution in [2.75, 3.05) is 19.0 Å². The molecular formula is C13H21N3O. The number of nitrogens with one attached hydrogen (secondary N) is 1. The molecule has 0 fully saturated rings. The summed E-state index contributed by atoms with van der Waals surface area (Å²) in [6.45, 7) is 8.01. The smallest absolute Gasteiger partial charge is 0.135 e. The van der Waals surface area contributed by atoms with E-state index in [9.17, 15) is 0 Å². The largest absolute Gasteiger partial charge is 0.376 e. The third-order valence-corrected chi connectivity index (χ3v) is 2.79. The van der Waals surface area contributed by atoms with Crippen LogP contribution < -0.4 is 5.32 Å². The fourth-order valence-corrected chi connectivity index (χ4v) is 2.04. The maximum absolute atomic E-state index is 5.46. The van der Waals surface area contributed by atoms with E-state index in [4.69, 9.17) is 4.74 Å². The quantitative estimate of drug-likeness (QED) is 0.853. The summed E-state index contributed by atoms with van der Waals surface area (Å²) in [5, 5.41) is 3.15. The molecule has 0 bridgehead atoms. The Morgan fingerprint density at radius 3 is 2.71 bits per heavy atom. The second-order valence-electron chi connectivity index (χ2n) is 5.70. The molecule has 1 aromatic rings. The number of hydrogen-bond donors (Lipinski definition) is 1. The molecule has 4 heteroatoms. The predicted molar refractivity (Wildman–Crippen MR) is 68.1 cm³/mol. The minimum Gasteiger partial charge on any atom is -0.376 e. The third-order valence-electron chi connectivity index (χ3n) is 2.79. The van der Waals surface area contributed by atoms with Crippen LogP contribution in [0.1, 0.15) is 37.9 Å². The lowest BCUT2D eigenvalue weighted by Crippen LogP contribution is -2.19. The standard InChI is InChI=1S/C13H21N3O/c1-13(2,3)7-11-15-10-5-6-17-8-9(10)12(14-4)16-11/h5-8H2,1-4H3,(H,14,15,16). The second-order valence-corrected chi connectivity index (χ2v) is 5.70. The van der Waals surface area contributed by atoms with Gasteiger partial charge in [-0.3, -0.25) is 0 Å². The van der Waals surface area contributed by atoms with Crippen LogP contribution in [0.15, 0.2) is 0 Å². The first-order chi connectivity index (χ1) is 7.99. The zero-order valence-electron chi connectivity index (χ0n) is 11.1. The van der Waals surface area contributed by atoms with E-state index < -0.39 is 0 Å². The fraction of sp³-hybridized carbons (Fsp3) is 0.692. The van der Waals surface area contributed by atoms with E-state index in [1.54, 1.807) is 0 Å². The van der Waals surface area contributed by atoms with Gasteiger partial charge in [0.1, 0.15) is 11.6 Å². The van der Waals surface area contributed by atoms with Crippen LogP contribution in [-0.2, 0) is 24.2 Å². The summed E-state index contributed by atoms with van der Waals surface area (Å²) in [5.41, 5.74) is 2.48. The third kappa shape index (κ3) is 2.94. The Balaban J connectivity index is 2.36. The molecule has 0 radical (unpaired) electrons. The van der Waals surface area contributed by atoms with Gasteiger partial charge in [0.25, 0.3) is 0 Å². The SMILES string of the molecule is CNc1nc(CC(C)(C)C)nc2c1COCC2. The van der Waals surface area contributed by atoms with E-state index in [0.717, 1.165) is 42.3 Å². The molecule has 0 aromatic carbocycles. The first-order valence-electron chi connectivity index (χ1n) is 6.14. The first-order valence-corrected chi connectivity index (χ1v) is 6.14. The molecule has 1 aromatic heterocycles. The molecule has 0 spiro atoms. The molecule has 2 heterocycles. The van der Waals surface area contributed by atoms with Gasteiger partial charge in [-0.25, -0.2) is 9.97 Å². The van der Waals surface area contributed by atoms with Crippen molar-refractivity contribution in [3.8, 4) is 0 Å². The zero-order chi connectivity index (χ0) is 12.5. The van der Waals surface area contributed by atoms with Crippen molar-refractivity contribution in [1.82, 2.24) is 9.97 Å². The Morgan fingerprint density at radius 1 is 1.29 bits per heavy atom. The maximum Gasteiger partial charge on any atom is 0.135 e. The molecular weight excluding hydrogens is 214 g/mol. The lowest BCUT2D eigenvalue weighted by atomic mass is 9.92. The topological polar surface area (TPSA) is 47.0 Å². The van der Waals surface area contributed by atoms with Crippen molar-refractivity contribution in [3.05, 3.63) is 17.1 Å². The molecule has 0 saturated carbocycles. The van der Waals surface area contributed by atoms with Crippen molar-refractivity contribution < 1.29 is 4.74 Å². The maximum atomic E-state index is 5.46. The molecule has 2 rings (SSSR count). The number of aromatic nitrogens is 2. The molecule has 1 aliphatic rings. The summed E-state index contributed by atoms with van der Waals surface area (Å²) in [6, 6.07) is 0. The molecule has 0 unspecified atom stereocenters. The van der Waals surface area contributed by atoms with Crippen LogP contribution in [0.25, 0.3) is 0 Å². The number of hydrogen-bond acceptors (Lipinski definition) is 4. The van der Waals surface area contributed by atoms with Gasteiger partial charge in [0, 0.05) is 25.5 Å². The Morgan fingerprint density at radius 2 is 2.06 bits per heavy atom. The van der Waals surface area contributed by atoms with Crippen molar-refractivity contribution in [2.45, 2.75) is 40.2 Å². The second kappa shape index (κ2) is 4.61. The summed E-state index contributed by atoms with van der Waals surface area (Å²) < 4.78 is 5.46. The van der Waals surface area contributed by atoms with Gasteiger partial charge in [-0.15, -0.1) is 0 Å². The highest BCUT2D eigenvalue weighted by molar-refractivity contribution is 5.46. The van der Waals surface area contributed by atoms with E-state index >= 15 is 0 Å². The number of fused-ring (bicyclic) bond motifs is 1. The summed E-state index contributed by atoms with van der Waals surface area (Å²) in [7, 11) is 1.90. The molecule has 1 aliphatic heterocycles. The fourth-order valence-electron chi connectivity index (χ4n) is 2.04. The van der Waals surface area contributed by atoms with E-state index in [2.05, 4.69) is 36.1 Å². The number of nitrogens with zero attached hydrogens (tertiary/aromatic N) is 2. The van der Waals surface area contributed by atoms with Crippen molar-refractivity contribution in [1.29, 1.82) is 0 Å². The molecule has 0 saturated heterocycles. The minimum absolute atomic E-state index is 0.213. The monoisotopic (exact) mass is 235 g/mol. The molecule has 0 aliphatic carbocycles. The van der Waals surface area contributed by atoms with Gasteiger partial charge in [-0.05, 0) is 5.41 Å². The van der Waals surface area contributed by atoms with Gasteiger partial charge < -0.3 is 10.1 Å². The van der Waals surface area contributed by atoms with Crippen molar-refractivity contribution in [3.63, 3.8) is 0 Å². The lowest BCUT2D eigenvalue weighted by Gasteiger charge is -2.22. The van der Waals surface area contributed by atoms with Gasteiger partial charge >= 0.3 is 0 Å². The summed E-state index contributed by atoms with van der Waals surface area (Å²) in [5.74, 6) is 1.86.